The van der Waals surface area contributed by atoms with Crippen molar-refractivity contribution in [3.05, 3.63) is 82.2 Å². The Morgan fingerprint density at radius 1 is 0.968 bits per heavy atom. The maximum absolute atomic E-state index is 11.9. The van der Waals surface area contributed by atoms with Crippen LogP contribution in [-0.4, -0.2) is 36.4 Å². The summed E-state index contributed by atoms with van der Waals surface area (Å²) in [7, 11) is 1.36. The second-order valence-electron chi connectivity index (χ2n) is 7.18. The van der Waals surface area contributed by atoms with E-state index < -0.39 is 0 Å². The van der Waals surface area contributed by atoms with Gasteiger partial charge >= 0.3 is 11.9 Å². The van der Waals surface area contributed by atoms with Crippen LogP contribution in [0.2, 0.25) is 0 Å². The Bertz CT molecular complexity index is 1140. The molecule has 31 heavy (non-hydrogen) atoms. The number of carbonyl (C=O) groups excluding carboxylic acids is 2. The van der Waals surface area contributed by atoms with Crippen molar-refractivity contribution in [3.8, 4) is 5.69 Å². The predicted octanol–water partition coefficient (Wildman–Crippen LogP) is 5.12. The third-order valence-electron chi connectivity index (χ3n) is 5.07. The lowest BCUT2D eigenvalue weighted by Gasteiger charge is -2.10. The van der Waals surface area contributed by atoms with E-state index in [1.54, 1.807) is 31.2 Å². The van der Waals surface area contributed by atoms with Gasteiger partial charge in [0.1, 0.15) is 0 Å². The molecule has 0 aliphatic rings. The lowest BCUT2D eigenvalue weighted by atomic mass is 10.1. The molecule has 0 aliphatic carbocycles. The highest BCUT2D eigenvalue weighted by atomic mass is 16.5. The first-order valence-electron chi connectivity index (χ1n) is 10.0. The summed E-state index contributed by atoms with van der Waals surface area (Å²) < 4.78 is 11.9. The van der Waals surface area contributed by atoms with Crippen molar-refractivity contribution in [2.75, 3.05) is 13.7 Å². The highest BCUT2D eigenvalue weighted by Crippen LogP contribution is 2.23. The number of methoxy groups -OCH3 is 1. The SMILES string of the molecule is CCOC(=O)c1ccc(-n2c(C)cc(C=Nc3ccc(C(=O)OC)cc3C)c2C)cc1. The quantitative estimate of drug-likeness (QED) is 0.412. The molecule has 0 aliphatic heterocycles. The number of hydrogen-bond acceptors (Lipinski definition) is 5. The molecule has 0 saturated carbocycles. The first-order valence-corrected chi connectivity index (χ1v) is 10.0. The Hall–Kier alpha value is -3.67. The number of esters is 2. The summed E-state index contributed by atoms with van der Waals surface area (Å²) in [6.45, 7) is 8.11. The molecule has 0 fully saturated rings. The second-order valence-corrected chi connectivity index (χ2v) is 7.18. The molecule has 0 amide bonds. The van der Waals surface area contributed by atoms with Gasteiger partial charge in [0.15, 0.2) is 0 Å². The van der Waals surface area contributed by atoms with Crippen LogP contribution in [-0.2, 0) is 9.47 Å². The van der Waals surface area contributed by atoms with Gasteiger partial charge in [-0.25, -0.2) is 9.59 Å². The van der Waals surface area contributed by atoms with Gasteiger partial charge in [-0.1, -0.05) is 0 Å². The second kappa shape index (κ2) is 9.43. The number of rotatable bonds is 6. The van der Waals surface area contributed by atoms with E-state index in [0.717, 1.165) is 33.9 Å². The highest BCUT2D eigenvalue weighted by molar-refractivity contribution is 5.91. The molecule has 0 N–H and O–H groups in total. The largest absolute Gasteiger partial charge is 0.465 e. The normalized spacial score (nSPS) is 11.0. The minimum Gasteiger partial charge on any atom is -0.465 e. The Morgan fingerprint density at radius 3 is 2.26 bits per heavy atom. The fourth-order valence-electron chi connectivity index (χ4n) is 3.46. The first-order chi connectivity index (χ1) is 14.8. The average molecular weight is 418 g/mol. The van der Waals surface area contributed by atoms with Crippen molar-refractivity contribution < 1.29 is 19.1 Å². The third-order valence-corrected chi connectivity index (χ3v) is 5.07. The summed E-state index contributed by atoms with van der Waals surface area (Å²) in [5, 5.41) is 0. The van der Waals surface area contributed by atoms with E-state index in [-0.39, 0.29) is 11.9 Å². The molecule has 1 aromatic heterocycles. The van der Waals surface area contributed by atoms with E-state index in [0.29, 0.717) is 17.7 Å². The molecule has 0 unspecified atom stereocenters. The van der Waals surface area contributed by atoms with Crippen molar-refractivity contribution in [2.45, 2.75) is 27.7 Å². The topological polar surface area (TPSA) is 69.9 Å². The van der Waals surface area contributed by atoms with E-state index in [1.807, 2.05) is 45.2 Å². The zero-order valence-electron chi connectivity index (χ0n) is 18.4. The van der Waals surface area contributed by atoms with Crippen molar-refractivity contribution in [2.24, 2.45) is 4.99 Å². The van der Waals surface area contributed by atoms with Gasteiger partial charge in [-0.05, 0) is 81.8 Å². The van der Waals surface area contributed by atoms with E-state index in [2.05, 4.69) is 15.6 Å². The maximum atomic E-state index is 11.9. The summed E-state index contributed by atoms with van der Waals surface area (Å²) in [6, 6.07) is 14.7. The Kier molecular flexibility index (Phi) is 6.70. The summed E-state index contributed by atoms with van der Waals surface area (Å²) in [5.74, 6) is -0.687. The molecule has 3 aromatic rings. The monoisotopic (exact) mass is 418 g/mol. The molecule has 0 bridgehead atoms. The van der Waals surface area contributed by atoms with Crippen LogP contribution < -0.4 is 0 Å². The molecule has 160 valence electrons. The highest BCUT2D eigenvalue weighted by Gasteiger charge is 2.12. The van der Waals surface area contributed by atoms with E-state index in [1.165, 1.54) is 7.11 Å². The van der Waals surface area contributed by atoms with Crippen molar-refractivity contribution in [1.29, 1.82) is 0 Å². The maximum Gasteiger partial charge on any atom is 0.338 e. The Balaban J connectivity index is 1.87. The van der Waals surface area contributed by atoms with Crippen LogP contribution in [0.5, 0.6) is 0 Å². The summed E-state index contributed by atoms with van der Waals surface area (Å²) >= 11 is 0. The van der Waals surface area contributed by atoms with Gasteiger partial charge in [-0.3, -0.25) is 4.99 Å². The fourth-order valence-corrected chi connectivity index (χ4v) is 3.46. The molecule has 6 heteroatoms. The molecule has 0 atom stereocenters. The number of aliphatic imine (C=N–C) groups is 1. The number of nitrogens with zero attached hydrogens (tertiary/aromatic N) is 2. The van der Waals surface area contributed by atoms with Crippen LogP contribution in [0.1, 0.15) is 50.2 Å². The summed E-state index contributed by atoms with van der Waals surface area (Å²) in [4.78, 5) is 28.2. The van der Waals surface area contributed by atoms with Crippen LogP contribution >= 0.6 is 0 Å². The molecule has 2 aromatic carbocycles. The molecule has 0 saturated heterocycles. The fraction of sp³-hybridized carbons (Fsp3) is 0.240. The molecule has 0 radical (unpaired) electrons. The van der Waals surface area contributed by atoms with Crippen LogP contribution in [0.25, 0.3) is 5.69 Å². The number of aryl methyl sites for hydroxylation is 2. The van der Waals surface area contributed by atoms with Gasteiger partial charge in [-0.2, -0.15) is 0 Å². The van der Waals surface area contributed by atoms with Gasteiger partial charge < -0.3 is 14.0 Å². The Labute approximate surface area is 182 Å². The number of hydrogen-bond donors (Lipinski definition) is 0. The van der Waals surface area contributed by atoms with E-state index in [9.17, 15) is 9.59 Å². The number of aromatic nitrogens is 1. The smallest absolute Gasteiger partial charge is 0.338 e. The lowest BCUT2D eigenvalue weighted by Crippen LogP contribution is -2.05. The Morgan fingerprint density at radius 2 is 1.65 bits per heavy atom. The van der Waals surface area contributed by atoms with E-state index >= 15 is 0 Å². The lowest BCUT2D eigenvalue weighted by molar-refractivity contribution is 0.0525. The van der Waals surface area contributed by atoms with Gasteiger partial charge in [0, 0.05) is 28.9 Å². The van der Waals surface area contributed by atoms with Crippen LogP contribution in [0.15, 0.2) is 53.5 Å². The van der Waals surface area contributed by atoms with Crippen LogP contribution in [0.3, 0.4) is 0 Å². The molecule has 6 nitrogen and oxygen atoms in total. The minimum absolute atomic E-state index is 0.323. The van der Waals surface area contributed by atoms with Crippen molar-refractivity contribution in [3.63, 3.8) is 0 Å². The average Bonchev–Trinajstić information content (AvgIpc) is 3.05. The predicted molar refractivity (Wildman–Crippen MR) is 121 cm³/mol. The zero-order chi connectivity index (χ0) is 22.5. The number of benzene rings is 2. The first kappa shape index (κ1) is 22.0. The van der Waals surface area contributed by atoms with Crippen LogP contribution in [0, 0.1) is 20.8 Å². The van der Waals surface area contributed by atoms with Gasteiger partial charge in [-0.15, -0.1) is 0 Å². The molecular formula is C25H26N2O4. The zero-order valence-corrected chi connectivity index (χ0v) is 18.4. The number of carbonyl (C=O) groups is 2. The molecule has 1 heterocycles. The molecule has 3 rings (SSSR count). The van der Waals surface area contributed by atoms with Crippen molar-refractivity contribution >= 4 is 23.8 Å². The van der Waals surface area contributed by atoms with Crippen molar-refractivity contribution in [1.82, 2.24) is 4.57 Å². The third kappa shape index (κ3) is 4.74. The summed E-state index contributed by atoms with van der Waals surface area (Å²) in [6.07, 6.45) is 1.83. The molecular weight excluding hydrogens is 392 g/mol. The molecule has 0 spiro atoms. The van der Waals surface area contributed by atoms with E-state index in [4.69, 9.17) is 9.47 Å². The standard InChI is InChI=1S/C25H26N2O4/c1-6-31-25(29)19-7-10-22(11-8-19)27-17(3)14-21(18(27)4)15-26-23-12-9-20(13-16(23)2)24(28)30-5/h7-15H,6H2,1-5H3. The number of ether oxygens (including phenoxy) is 2. The van der Waals surface area contributed by atoms with Gasteiger partial charge in [0.25, 0.3) is 0 Å². The summed E-state index contributed by atoms with van der Waals surface area (Å²) in [5.41, 5.74) is 6.75. The van der Waals surface area contributed by atoms with Crippen LogP contribution in [0.4, 0.5) is 5.69 Å². The van der Waals surface area contributed by atoms with Gasteiger partial charge in [0.05, 0.1) is 30.5 Å². The van der Waals surface area contributed by atoms with Gasteiger partial charge in [0.2, 0.25) is 0 Å². The minimum atomic E-state index is -0.365.